The van der Waals surface area contributed by atoms with Crippen molar-refractivity contribution in [3.05, 3.63) is 0 Å². The van der Waals surface area contributed by atoms with E-state index in [1.807, 2.05) is 0 Å². The van der Waals surface area contributed by atoms with E-state index in [0.29, 0.717) is 0 Å². The second kappa shape index (κ2) is 18.3. The average molecular weight is 716 g/mol. The molecule has 290 valence electrons. The molecule has 14 nitrogen and oxygen atoms in total. The number of amides is 1. The number of nitrogens with zero attached hydrogens (tertiary/aromatic N) is 3. The molecule has 0 unspecified atom stereocenters. The third kappa shape index (κ3) is 22.5. The summed E-state index contributed by atoms with van der Waals surface area (Å²) in [4.78, 5) is 83.1. The van der Waals surface area contributed by atoms with Crippen molar-refractivity contribution in [2.24, 2.45) is 0 Å². The van der Waals surface area contributed by atoms with Crippen molar-refractivity contribution in [2.45, 2.75) is 158 Å². The van der Waals surface area contributed by atoms with Gasteiger partial charge in [0.15, 0.2) is 0 Å². The van der Waals surface area contributed by atoms with Gasteiger partial charge in [0.05, 0.1) is 32.2 Å². The van der Waals surface area contributed by atoms with E-state index >= 15 is 0 Å². The summed E-state index contributed by atoms with van der Waals surface area (Å²) in [6.45, 7) is 26.6. The number of rotatable bonds is 15. The maximum Gasteiger partial charge on any atom is 0.326 e. The van der Waals surface area contributed by atoms with Crippen molar-refractivity contribution in [3.8, 4) is 0 Å². The molecule has 0 aliphatic rings. The van der Waals surface area contributed by atoms with Crippen LogP contribution in [0, 0.1) is 0 Å². The van der Waals surface area contributed by atoms with Crippen molar-refractivity contribution in [3.63, 3.8) is 0 Å². The Kier molecular flexibility index (Phi) is 17.1. The van der Waals surface area contributed by atoms with E-state index in [9.17, 15) is 28.8 Å². The standard InChI is InChI=1S/C36H65N3O11/c1-24(37(19-26(40)46-32(3,4)5)20-27(41)47-33(6,7)8)18-39(23-30(44)50-36(15,16)17)31(45)25(2)38(21-28(42)48-34(9,10)11)22-29(43)49-35(12,13)14/h24-25H,18-23H2,1-17H3/t24-,25+/m0/s1. The minimum absolute atomic E-state index is 0.152. The number of esters is 5. The Morgan fingerprint density at radius 1 is 0.420 bits per heavy atom. The van der Waals surface area contributed by atoms with Gasteiger partial charge in [-0.1, -0.05) is 0 Å². The van der Waals surface area contributed by atoms with Crippen molar-refractivity contribution < 1.29 is 52.5 Å². The molecule has 50 heavy (non-hydrogen) atoms. The van der Waals surface area contributed by atoms with Crippen LogP contribution >= 0.6 is 0 Å². The first-order valence-corrected chi connectivity index (χ1v) is 17.0. The minimum atomic E-state index is -1.13. The number of carbonyl (C=O) groups is 6. The number of hydrogen-bond donors (Lipinski definition) is 0. The Hall–Kier alpha value is -3.26. The van der Waals surface area contributed by atoms with Gasteiger partial charge in [-0.3, -0.25) is 38.6 Å². The first-order valence-electron chi connectivity index (χ1n) is 17.0. The minimum Gasteiger partial charge on any atom is -0.459 e. The Labute approximate surface area is 299 Å². The third-order valence-electron chi connectivity index (χ3n) is 6.07. The molecule has 0 heterocycles. The average Bonchev–Trinajstić information content (AvgIpc) is 2.80. The first kappa shape index (κ1) is 46.7. The van der Waals surface area contributed by atoms with Crippen LogP contribution in [0.1, 0.15) is 118 Å². The van der Waals surface area contributed by atoms with Crippen LogP contribution in [0.4, 0.5) is 0 Å². The molecular formula is C36H65N3O11. The molecule has 0 aromatic carbocycles. The smallest absolute Gasteiger partial charge is 0.326 e. The van der Waals surface area contributed by atoms with Crippen LogP contribution in [0.25, 0.3) is 0 Å². The molecule has 0 rings (SSSR count). The molecule has 0 radical (unpaired) electrons. The highest BCUT2D eigenvalue weighted by Gasteiger charge is 2.35. The molecule has 0 aliphatic heterocycles. The highest BCUT2D eigenvalue weighted by atomic mass is 16.6. The van der Waals surface area contributed by atoms with Crippen molar-refractivity contribution in [1.29, 1.82) is 0 Å². The van der Waals surface area contributed by atoms with E-state index in [1.54, 1.807) is 111 Å². The summed E-state index contributed by atoms with van der Waals surface area (Å²) in [5.74, 6) is -3.88. The topological polar surface area (TPSA) is 158 Å². The zero-order valence-corrected chi connectivity index (χ0v) is 33.7. The molecule has 0 N–H and O–H groups in total. The van der Waals surface area contributed by atoms with E-state index < -0.39 is 95.5 Å². The van der Waals surface area contributed by atoms with Gasteiger partial charge in [0, 0.05) is 12.6 Å². The van der Waals surface area contributed by atoms with Crippen LogP contribution in [0.3, 0.4) is 0 Å². The lowest BCUT2D eigenvalue weighted by Gasteiger charge is -2.36. The molecule has 0 fully saturated rings. The fourth-order valence-corrected chi connectivity index (χ4v) is 4.47. The lowest BCUT2D eigenvalue weighted by molar-refractivity contribution is -0.165. The monoisotopic (exact) mass is 715 g/mol. The van der Waals surface area contributed by atoms with Crippen LogP contribution in [-0.2, 0) is 52.5 Å². The molecule has 0 aromatic heterocycles. The highest BCUT2D eigenvalue weighted by Crippen LogP contribution is 2.16. The predicted molar refractivity (Wildman–Crippen MR) is 188 cm³/mol. The van der Waals surface area contributed by atoms with E-state index in [4.69, 9.17) is 23.7 Å². The second-order valence-electron chi connectivity index (χ2n) is 17.5. The van der Waals surface area contributed by atoms with Gasteiger partial charge >= 0.3 is 29.8 Å². The lowest BCUT2D eigenvalue weighted by Crippen LogP contribution is -2.56. The van der Waals surface area contributed by atoms with Gasteiger partial charge < -0.3 is 28.6 Å². The van der Waals surface area contributed by atoms with E-state index in [1.165, 1.54) is 21.6 Å². The van der Waals surface area contributed by atoms with Crippen molar-refractivity contribution >= 4 is 35.8 Å². The molecule has 0 spiro atoms. The van der Waals surface area contributed by atoms with Gasteiger partial charge in [-0.15, -0.1) is 0 Å². The summed E-state index contributed by atoms with van der Waals surface area (Å²) < 4.78 is 27.5. The van der Waals surface area contributed by atoms with Crippen molar-refractivity contribution in [2.75, 3.05) is 39.3 Å². The fourth-order valence-electron chi connectivity index (χ4n) is 4.47. The van der Waals surface area contributed by atoms with Gasteiger partial charge in [0.1, 0.15) is 34.6 Å². The van der Waals surface area contributed by atoms with Crippen LogP contribution in [-0.4, -0.2) is 130 Å². The molecule has 0 saturated heterocycles. The summed E-state index contributed by atoms with van der Waals surface area (Å²) in [7, 11) is 0. The molecule has 1 amide bonds. The van der Waals surface area contributed by atoms with Gasteiger partial charge in [0.2, 0.25) is 5.91 Å². The summed E-state index contributed by atoms with van der Waals surface area (Å²) in [5, 5.41) is 0. The van der Waals surface area contributed by atoms with Gasteiger partial charge in [-0.25, -0.2) is 0 Å². The summed E-state index contributed by atoms with van der Waals surface area (Å²) >= 11 is 0. The number of hydrogen-bond acceptors (Lipinski definition) is 13. The zero-order chi connectivity index (χ0) is 39.6. The van der Waals surface area contributed by atoms with Crippen LogP contribution in [0.2, 0.25) is 0 Å². The van der Waals surface area contributed by atoms with E-state index in [0.717, 1.165) is 0 Å². The normalized spacial score (nSPS) is 14.1. The lowest BCUT2D eigenvalue weighted by atomic mass is 10.1. The quantitative estimate of drug-likeness (QED) is 0.178. The van der Waals surface area contributed by atoms with E-state index in [-0.39, 0.29) is 19.6 Å². The van der Waals surface area contributed by atoms with Gasteiger partial charge in [0.25, 0.3) is 0 Å². The van der Waals surface area contributed by atoms with Crippen LogP contribution < -0.4 is 0 Å². The van der Waals surface area contributed by atoms with E-state index in [2.05, 4.69) is 0 Å². The Morgan fingerprint density at radius 2 is 0.660 bits per heavy atom. The molecule has 0 bridgehead atoms. The summed E-state index contributed by atoms with van der Waals surface area (Å²) in [6.07, 6.45) is 0. The molecule has 0 aliphatic carbocycles. The second-order valence-corrected chi connectivity index (χ2v) is 17.5. The fraction of sp³-hybridized carbons (Fsp3) is 0.833. The van der Waals surface area contributed by atoms with Crippen molar-refractivity contribution in [1.82, 2.24) is 14.7 Å². The highest BCUT2D eigenvalue weighted by molar-refractivity contribution is 5.87. The third-order valence-corrected chi connectivity index (χ3v) is 6.07. The maximum atomic E-state index is 14.3. The van der Waals surface area contributed by atoms with Crippen LogP contribution in [0.5, 0.6) is 0 Å². The van der Waals surface area contributed by atoms with Gasteiger partial charge in [-0.05, 0) is 118 Å². The van der Waals surface area contributed by atoms with Crippen LogP contribution in [0.15, 0.2) is 0 Å². The number of ether oxygens (including phenoxy) is 5. The molecular weight excluding hydrogens is 650 g/mol. The van der Waals surface area contributed by atoms with Gasteiger partial charge in [-0.2, -0.15) is 0 Å². The number of carbonyl (C=O) groups excluding carboxylic acids is 6. The Bertz CT molecular complexity index is 1120. The Morgan fingerprint density at radius 3 is 0.920 bits per heavy atom. The zero-order valence-electron chi connectivity index (χ0n) is 33.7. The molecule has 14 heteroatoms. The first-order chi connectivity index (χ1) is 22.2. The molecule has 0 aromatic rings. The summed E-state index contributed by atoms with van der Waals surface area (Å²) in [5.41, 5.74) is -4.10. The molecule has 0 saturated carbocycles. The largest absolute Gasteiger partial charge is 0.459 e. The molecule has 2 atom stereocenters. The summed E-state index contributed by atoms with van der Waals surface area (Å²) in [6, 6.07) is -1.83. The SMILES string of the molecule is C[C@H](C(=O)N(CC(=O)OC(C)(C)C)C[C@H](C)N(CC(=O)OC(C)(C)C)CC(=O)OC(C)(C)C)N(CC(=O)OC(C)(C)C)CC(=O)OC(C)(C)C. The maximum absolute atomic E-state index is 14.3. The Balaban J connectivity index is 6.69. The predicted octanol–water partition coefficient (Wildman–Crippen LogP) is 3.90.